The molecule has 1 aromatic rings. The number of likely N-dealkylation sites (N-methyl/N-ethyl adjacent to an activating group) is 1. The van der Waals surface area contributed by atoms with Gasteiger partial charge in [-0.2, -0.15) is 0 Å². The molecule has 1 saturated carbocycles. The van der Waals surface area contributed by atoms with Gasteiger partial charge in [-0.25, -0.2) is 0 Å². The third-order valence-electron chi connectivity index (χ3n) is 4.20. The molecule has 0 atom stereocenters. The molecule has 1 aliphatic rings. The first-order valence-corrected chi connectivity index (χ1v) is 6.63. The van der Waals surface area contributed by atoms with Crippen LogP contribution in [0.15, 0.2) is 18.2 Å². The fraction of sp³-hybridized carbons (Fsp3) is 0.500. The van der Waals surface area contributed by atoms with Gasteiger partial charge in [0.05, 0.1) is 4.92 Å². The number of benzene rings is 1. The molecule has 0 saturated heterocycles. The van der Waals surface area contributed by atoms with E-state index in [1.54, 1.807) is 12.1 Å². The second-order valence-electron chi connectivity index (χ2n) is 5.48. The number of carbonyl (C=O) groups excluding carboxylic acids is 1. The van der Waals surface area contributed by atoms with E-state index in [2.05, 4.69) is 10.2 Å². The van der Waals surface area contributed by atoms with Gasteiger partial charge in [0.2, 0.25) is 0 Å². The Bertz CT molecular complexity index is 524. The Kier molecular flexibility index (Phi) is 4.04. The smallest absolute Gasteiger partial charge is 0.293 e. The minimum Gasteiger partial charge on any atom is -0.378 e. The lowest BCUT2D eigenvalue weighted by Gasteiger charge is -2.47. The van der Waals surface area contributed by atoms with Crippen LogP contribution in [0.3, 0.4) is 0 Å². The van der Waals surface area contributed by atoms with Gasteiger partial charge in [-0.05, 0) is 45.5 Å². The van der Waals surface area contributed by atoms with Gasteiger partial charge in [-0.15, -0.1) is 0 Å². The summed E-state index contributed by atoms with van der Waals surface area (Å²) in [4.78, 5) is 23.5. The highest BCUT2D eigenvalue weighted by molar-refractivity contribution is 5.79. The number of rotatable bonds is 6. The predicted molar refractivity (Wildman–Crippen MR) is 77.2 cm³/mol. The van der Waals surface area contributed by atoms with Crippen LogP contribution >= 0.6 is 0 Å². The van der Waals surface area contributed by atoms with Crippen LogP contribution in [0.1, 0.15) is 29.6 Å². The molecule has 1 fully saturated rings. The number of anilines is 1. The first kappa shape index (κ1) is 14.5. The van der Waals surface area contributed by atoms with Gasteiger partial charge in [-0.1, -0.05) is 0 Å². The number of nitro groups is 1. The summed E-state index contributed by atoms with van der Waals surface area (Å²) in [5.74, 6) is 0. The van der Waals surface area contributed by atoms with Crippen LogP contribution in [-0.4, -0.2) is 42.3 Å². The standard InChI is InChI=1S/C14H19N3O3/c1-16(2)14(6-3-7-14)10-15-12-5-4-11(9-18)8-13(12)17(19)20/h4-5,8-9,15H,3,6-7,10H2,1-2H3. The third-order valence-corrected chi connectivity index (χ3v) is 4.20. The van der Waals surface area contributed by atoms with Crippen LogP contribution in [0.2, 0.25) is 0 Å². The molecular formula is C14H19N3O3. The van der Waals surface area contributed by atoms with Crippen molar-refractivity contribution in [1.29, 1.82) is 0 Å². The van der Waals surface area contributed by atoms with E-state index in [0.717, 1.165) is 12.8 Å². The molecule has 2 rings (SSSR count). The SMILES string of the molecule is CN(C)C1(CNc2ccc(C=O)cc2[N+](=O)[O-])CCC1. The molecule has 0 spiro atoms. The quantitative estimate of drug-likeness (QED) is 0.490. The van der Waals surface area contributed by atoms with Crippen LogP contribution in [0, 0.1) is 10.1 Å². The molecule has 0 unspecified atom stereocenters. The van der Waals surface area contributed by atoms with Crippen LogP contribution in [0.25, 0.3) is 0 Å². The zero-order valence-corrected chi connectivity index (χ0v) is 11.8. The van der Waals surface area contributed by atoms with Crippen molar-refractivity contribution in [2.24, 2.45) is 0 Å². The highest BCUT2D eigenvalue weighted by Crippen LogP contribution is 2.37. The molecular weight excluding hydrogens is 258 g/mol. The molecule has 0 amide bonds. The Balaban J connectivity index is 2.17. The summed E-state index contributed by atoms with van der Waals surface area (Å²) in [5.41, 5.74) is 0.807. The summed E-state index contributed by atoms with van der Waals surface area (Å²) < 4.78 is 0. The highest BCUT2D eigenvalue weighted by atomic mass is 16.6. The van der Waals surface area contributed by atoms with E-state index >= 15 is 0 Å². The minimum absolute atomic E-state index is 0.0529. The molecule has 6 nitrogen and oxygen atoms in total. The van der Waals surface area contributed by atoms with Gasteiger partial charge in [0.25, 0.3) is 5.69 Å². The lowest BCUT2D eigenvalue weighted by molar-refractivity contribution is -0.384. The Morgan fingerprint density at radius 1 is 1.45 bits per heavy atom. The summed E-state index contributed by atoms with van der Waals surface area (Å²) in [6, 6.07) is 4.49. The topological polar surface area (TPSA) is 75.5 Å². The molecule has 0 aromatic heterocycles. The molecule has 108 valence electrons. The third kappa shape index (κ3) is 2.65. The van der Waals surface area contributed by atoms with Crippen LogP contribution < -0.4 is 5.32 Å². The van der Waals surface area contributed by atoms with E-state index in [0.29, 0.717) is 24.1 Å². The fourth-order valence-electron chi connectivity index (χ4n) is 2.55. The Hall–Kier alpha value is -1.95. The van der Waals surface area contributed by atoms with Gasteiger partial charge in [0.1, 0.15) is 12.0 Å². The molecule has 1 aliphatic carbocycles. The minimum atomic E-state index is -0.460. The number of hydrogen-bond acceptors (Lipinski definition) is 5. The molecule has 1 aromatic carbocycles. The number of nitrogens with zero attached hydrogens (tertiary/aromatic N) is 2. The van der Waals surface area contributed by atoms with Gasteiger partial charge >= 0.3 is 0 Å². The van der Waals surface area contributed by atoms with Crippen molar-refractivity contribution in [2.75, 3.05) is 26.0 Å². The first-order valence-electron chi connectivity index (χ1n) is 6.63. The van der Waals surface area contributed by atoms with Crippen molar-refractivity contribution in [3.63, 3.8) is 0 Å². The lowest BCUT2D eigenvalue weighted by Crippen LogP contribution is -2.54. The number of nitro benzene ring substituents is 1. The van der Waals surface area contributed by atoms with Gasteiger partial charge in [-0.3, -0.25) is 14.9 Å². The van der Waals surface area contributed by atoms with Crippen LogP contribution in [-0.2, 0) is 0 Å². The van der Waals surface area contributed by atoms with Crippen LogP contribution in [0.5, 0.6) is 0 Å². The summed E-state index contributed by atoms with van der Waals surface area (Å²) in [7, 11) is 4.06. The molecule has 0 aliphatic heterocycles. The monoisotopic (exact) mass is 277 g/mol. The highest BCUT2D eigenvalue weighted by Gasteiger charge is 2.39. The van der Waals surface area contributed by atoms with Crippen molar-refractivity contribution < 1.29 is 9.72 Å². The summed E-state index contributed by atoms with van der Waals surface area (Å²) in [5, 5.41) is 14.2. The van der Waals surface area contributed by atoms with Crippen molar-refractivity contribution in [2.45, 2.75) is 24.8 Å². The predicted octanol–water partition coefficient (Wildman–Crippen LogP) is 2.30. The number of nitrogens with one attached hydrogen (secondary N) is 1. The zero-order valence-electron chi connectivity index (χ0n) is 11.8. The van der Waals surface area contributed by atoms with E-state index < -0.39 is 4.92 Å². The van der Waals surface area contributed by atoms with E-state index in [1.165, 1.54) is 12.5 Å². The van der Waals surface area contributed by atoms with Gasteiger partial charge in [0, 0.05) is 23.7 Å². The fourth-order valence-corrected chi connectivity index (χ4v) is 2.55. The van der Waals surface area contributed by atoms with E-state index in [1.807, 2.05) is 14.1 Å². The number of hydrogen-bond donors (Lipinski definition) is 1. The average Bonchev–Trinajstić information content (AvgIpc) is 2.36. The van der Waals surface area contributed by atoms with Gasteiger partial charge < -0.3 is 10.2 Å². The maximum atomic E-state index is 11.1. The van der Waals surface area contributed by atoms with E-state index in [9.17, 15) is 14.9 Å². The second-order valence-corrected chi connectivity index (χ2v) is 5.48. The normalized spacial score (nSPS) is 16.6. The Morgan fingerprint density at radius 2 is 2.15 bits per heavy atom. The molecule has 20 heavy (non-hydrogen) atoms. The number of carbonyl (C=O) groups is 1. The molecule has 0 heterocycles. The first-order chi connectivity index (χ1) is 9.48. The molecule has 0 radical (unpaired) electrons. The molecule has 0 bridgehead atoms. The van der Waals surface area contributed by atoms with Crippen molar-refractivity contribution in [1.82, 2.24) is 4.90 Å². The Labute approximate surface area is 117 Å². The summed E-state index contributed by atoms with van der Waals surface area (Å²) in [6.45, 7) is 0.668. The van der Waals surface area contributed by atoms with Crippen molar-refractivity contribution in [3.05, 3.63) is 33.9 Å². The lowest BCUT2D eigenvalue weighted by atomic mass is 9.75. The van der Waals surface area contributed by atoms with E-state index in [-0.39, 0.29) is 11.2 Å². The largest absolute Gasteiger partial charge is 0.378 e. The second kappa shape index (κ2) is 5.58. The van der Waals surface area contributed by atoms with Gasteiger partial charge in [0.15, 0.2) is 0 Å². The average molecular weight is 277 g/mol. The molecule has 6 heteroatoms. The maximum Gasteiger partial charge on any atom is 0.293 e. The Morgan fingerprint density at radius 3 is 2.60 bits per heavy atom. The summed E-state index contributed by atoms with van der Waals surface area (Å²) in [6.07, 6.45) is 3.98. The van der Waals surface area contributed by atoms with Crippen LogP contribution in [0.4, 0.5) is 11.4 Å². The molecule has 1 N–H and O–H groups in total. The zero-order chi connectivity index (χ0) is 14.8. The maximum absolute atomic E-state index is 11.1. The summed E-state index contributed by atoms with van der Waals surface area (Å²) >= 11 is 0. The van der Waals surface area contributed by atoms with Crippen molar-refractivity contribution >= 4 is 17.7 Å². The van der Waals surface area contributed by atoms with E-state index in [4.69, 9.17) is 0 Å². The number of aldehydes is 1. The van der Waals surface area contributed by atoms with Crippen molar-refractivity contribution in [3.8, 4) is 0 Å².